The van der Waals surface area contributed by atoms with Crippen molar-refractivity contribution >= 4 is 23.6 Å². The average Bonchev–Trinajstić information content (AvgIpc) is 2.77. The molecule has 202 valence electrons. The fraction of sp³-hybridized carbons (Fsp3) is 0.483. The predicted octanol–water partition coefficient (Wildman–Crippen LogP) is 5.56. The molecule has 8 nitrogen and oxygen atoms in total. The van der Waals surface area contributed by atoms with Crippen LogP contribution in [-0.4, -0.2) is 45.6 Å². The van der Waals surface area contributed by atoms with E-state index in [0.717, 1.165) is 5.56 Å². The van der Waals surface area contributed by atoms with Crippen molar-refractivity contribution in [3.05, 3.63) is 59.7 Å². The number of amides is 3. The molecule has 0 aliphatic rings. The van der Waals surface area contributed by atoms with E-state index >= 15 is 0 Å². The molecule has 0 fully saturated rings. The van der Waals surface area contributed by atoms with Crippen molar-refractivity contribution in [3.8, 4) is 5.75 Å². The summed E-state index contributed by atoms with van der Waals surface area (Å²) in [6.07, 6.45) is -0.330. The summed E-state index contributed by atoms with van der Waals surface area (Å²) in [5, 5.41) is 15.5. The fourth-order valence-electron chi connectivity index (χ4n) is 4.01. The number of nitrogens with one attached hydrogen (secondary N) is 2. The van der Waals surface area contributed by atoms with Crippen molar-refractivity contribution in [1.82, 2.24) is 10.2 Å². The van der Waals surface area contributed by atoms with Crippen LogP contribution in [0.5, 0.6) is 5.75 Å². The summed E-state index contributed by atoms with van der Waals surface area (Å²) >= 11 is 0. The lowest BCUT2D eigenvalue weighted by molar-refractivity contribution is -0.143. The molecule has 2 unspecified atom stereocenters. The smallest absolute Gasteiger partial charge is 0.408 e. The Morgan fingerprint density at radius 3 is 2.08 bits per heavy atom. The first kappa shape index (κ1) is 29.7. The minimum Gasteiger partial charge on any atom is -0.508 e. The van der Waals surface area contributed by atoms with Gasteiger partial charge >= 0.3 is 6.09 Å². The first-order chi connectivity index (χ1) is 17.2. The molecule has 0 bridgehead atoms. The fourth-order valence-corrected chi connectivity index (χ4v) is 4.01. The Bertz CT molecular complexity index is 1070. The highest BCUT2D eigenvalue weighted by atomic mass is 16.6. The Kier molecular flexibility index (Phi) is 10.1. The number of carbonyl (C=O) groups is 3. The summed E-state index contributed by atoms with van der Waals surface area (Å²) in [5.41, 5.74) is 1.33. The molecule has 0 saturated heterocycles. The van der Waals surface area contributed by atoms with Gasteiger partial charge in [-0.25, -0.2) is 4.79 Å². The number of anilines is 1. The SMILES string of the molecule is Cc1ccccc1NC(=O)C(c1ccc(O)cc1)N(C(=O)C(CC(C)C)NC(=O)OC(C)(C)C)C(C)C. The summed E-state index contributed by atoms with van der Waals surface area (Å²) in [6.45, 7) is 14.7. The minimum absolute atomic E-state index is 0.0495. The number of carbonyl (C=O) groups excluding carboxylic acids is 3. The highest BCUT2D eigenvalue weighted by Gasteiger charge is 2.38. The van der Waals surface area contributed by atoms with Gasteiger partial charge in [0.15, 0.2) is 0 Å². The van der Waals surface area contributed by atoms with Crippen molar-refractivity contribution < 1.29 is 24.2 Å². The third-order valence-corrected chi connectivity index (χ3v) is 5.65. The number of aryl methyl sites for hydroxylation is 1. The van der Waals surface area contributed by atoms with Crippen LogP contribution in [0, 0.1) is 12.8 Å². The first-order valence-corrected chi connectivity index (χ1v) is 12.7. The van der Waals surface area contributed by atoms with Crippen LogP contribution in [0.15, 0.2) is 48.5 Å². The number of hydrogen-bond acceptors (Lipinski definition) is 5. The zero-order chi connectivity index (χ0) is 27.9. The zero-order valence-corrected chi connectivity index (χ0v) is 23.2. The first-order valence-electron chi connectivity index (χ1n) is 12.7. The zero-order valence-electron chi connectivity index (χ0n) is 23.2. The van der Waals surface area contributed by atoms with Crippen LogP contribution >= 0.6 is 0 Å². The molecule has 2 aromatic rings. The topological polar surface area (TPSA) is 108 Å². The number of nitrogens with zero attached hydrogens (tertiary/aromatic N) is 1. The van der Waals surface area contributed by atoms with Gasteiger partial charge in [-0.05, 0) is 83.2 Å². The maximum atomic E-state index is 14.1. The molecule has 8 heteroatoms. The molecular weight excluding hydrogens is 470 g/mol. The monoisotopic (exact) mass is 511 g/mol. The second-order valence-electron chi connectivity index (χ2n) is 11.0. The van der Waals surface area contributed by atoms with Crippen molar-refractivity contribution in [2.45, 2.75) is 85.5 Å². The van der Waals surface area contributed by atoms with Crippen molar-refractivity contribution in [1.29, 1.82) is 0 Å². The minimum atomic E-state index is -1.01. The molecule has 0 saturated carbocycles. The van der Waals surface area contributed by atoms with Crippen LogP contribution in [0.3, 0.4) is 0 Å². The number of phenolic OH excluding ortho intramolecular Hbond substituents is 1. The summed E-state index contributed by atoms with van der Waals surface area (Å²) in [7, 11) is 0. The van der Waals surface area contributed by atoms with Crippen LogP contribution in [0.25, 0.3) is 0 Å². The number of hydrogen-bond donors (Lipinski definition) is 3. The molecule has 0 aromatic heterocycles. The van der Waals surface area contributed by atoms with E-state index in [1.165, 1.54) is 17.0 Å². The molecule has 3 N–H and O–H groups in total. The standard InChI is InChI=1S/C29H41N3O5/c1-18(2)17-24(31-28(36)37-29(6,7)8)27(35)32(19(3)4)25(21-13-15-22(33)16-14-21)26(34)30-23-12-10-9-11-20(23)5/h9-16,18-19,24-25,33H,17H2,1-8H3,(H,30,34)(H,31,36). The molecule has 2 atom stereocenters. The molecule has 0 aliphatic carbocycles. The quantitative estimate of drug-likeness (QED) is 0.409. The van der Waals surface area contributed by atoms with E-state index in [9.17, 15) is 19.5 Å². The molecule has 0 aliphatic heterocycles. The van der Waals surface area contributed by atoms with Crippen LogP contribution in [0.2, 0.25) is 0 Å². The molecule has 0 radical (unpaired) electrons. The summed E-state index contributed by atoms with van der Waals surface area (Å²) in [5.74, 6) is -0.658. The number of para-hydroxylation sites is 1. The van der Waals surface area contributed by atoms with Crippen LogP contribution in [0.4, 0.5) is 10.5 Å². The molecule has 3 amide bonds. The van der Waals surface area contributed by atoms with Crippen LogP contribution < -0.4 is 10.6 Å². The Balaban J connectivity index is 2.51. The highest BCUT2D eigenvalue weighted by molar-refractivity contribution is 5.99. The van der Waals surface area contributed by atoms with E-state index in [2.05, 4.69) is 10.6 Å². The average molecular weight is 512 g/mol. The Morgan fingerprint density at radius 2 is 1.57 bits per heavy atom. The number of alkyl carbamates (subject to hydrolysis) is 1. The predicted molar refractivity (Wildman–Crippen MR) is 145 cm³/mol. The van der Waals surface area contributed by atoms with Gasteiger partial charge in [-0.2, -0.15) is 0 Å². The van der Waals surface area contributed by atoms with Gasteiger partial charge in [0, 0.05) is 11.7 Å². The normalized spacial score (nSPS) is 13.1. The third-order valence-electron chi connectivity index (χ3n) is 5.65. The van der Waals surface area contributed by atoms with E-state index in [1.807, 2.05) is 52.8 Å². The lowest BCUT2D eigenvalue weighted by Crippen LogP contribution is -2.54. The summed E-state index contributed by atoms with van der Waals surface area (Å²) in [6, 6.07) is 11.3. The van der Waals surface area contributed by atoms with Crippen molar-refractivity contribution in [2.24, 2.45) is 5.92 Å². The van der Waals surface area contributed by atoms with Gasteiger partial charge in [0.2, 0.25) is 5.91 Å². The number of ether oxygens (including phenoxy) is 1. The van der Waals surface area contributed by atoms with E-state index in [-0.39, 0.29) is 17.7 Å². The van der Waals surface area contributed by atoms with E-state index in [1.54, 1.807) is 39.0 Å². The number of phenols is 1. The second-order valence-corrected chi connectivity index (χ2v) is 11.0. The number of rotatable bonds is 9. The molecule has 0 heterocycles. The lowest BCUT2D eigenvalue weighted by Gasteiger charge is -2.37. The molecule has 0 spiro atoms. The number of benzene rings is 2. The van der Waals surface area contributed by atoms with Crippen molar-refractivity contribution in [3.63, 3.8) is 0 Å². The Labute approximate surface area is 220 Å². The summed E-state index contributed by atoms with van der Waals surface area (Å²) in [4.78, 5) is 41.9. The van der Waals surface area contributed by atoms with Gasteiger partial charge in [-0.15, -0.1) is 0 Å². The largest absolute Gasteiger partial charge is 0.508 e. The third kappa shape index (κ3) is 8.81. The van der Waals surface area contributed by atoms with Gasteiger partial charge in [0.1, 0.15) is 23.4 Å². The van der Waals surface area contributed by atoms with Gasteiger partial charge in [0.05, 0.1) is 0 Å². The molecule has 37 heavy (non-hydrogen) atoms. The molecular formula is C29H41N3O5. The van der Waals surface area contributed by atoms with Gasteiger partial charge in [0.25, 0.3) is 5.91 Å². The van der Waals surface area contributed by atoms with E-state index in [0.29, 0.717) is 17.7 Å². The van der Waals surface area contributed by atoms with E-state index < -0.39 is 35.6 Å². The van der Waals surface area contributed by atoms with Gasteiger partial charge in [-0.3, -0.25) is 9.59 Å². The molecule has 2 rings (SSSR count). The van der Waals surface area contributed by atoms with Crippen molar-refractivity contribution in [2.75, 3.05) is 5.32 Å². The Morgan fingerprint density at radius 1 is 0.973 bits per heavy atom. The lowest BCUT2D eigenvalue weighted by atomic mass is 9.97. The maximum absolute atomic E-state index is 14.1. The van der Waals surface area contributed by atoms with Crippen LogP contribution in [0.1, 0.15) is 72.1 Å². The second kappa shape index (κ2) is 12.6. The summed E-state index contributed by atoms with van der Waals surface area (Å²) < 4.78 is 5.41. The number of aromatic hydroxyl groups is 1. The van der Waals surface area contributed by atoms with E-state index in [4.69, 9.17) is 4.74 Å². The Hall–Kier alpha value is -3.55. The van der Waals surface area contributed by atoms with Gasteiger partial charge in [-0.1, -0.05) is 44.2 Å². The van der Waals surface area contributed by atoms with Gasteiger partial charge < -0.3 is 25.4 Å². The molecule has 2 aromatic carbocycles. The highest BCUT2D eigenvalue weighted by Crippen LogP contribution is 2.29. The van der Waals surface area contributed by atoms with Crippen LogP contribution in [-0.2, 0) is 14.3 Å². The maximum Gasteiger partial charge on any atom is 0.408 e.